The molecule has 2 saturated heterocycles. The van der Waals surface area contributed by atoms with Crippen LogP contribution in [0.15, 0.2) is 30.3 Å². The molecule has 1 aromatic carbocycles. The molecule has 1 aromatic rings. The number of amides is 1. The highest BCUT2D eigenvalue weighted by molar-refractivity contribution is 5.68. The van der Waals surface area contributed by atoms with Crippen molar-refractivity contribution in [3.05, 3.63) is 35.9 Å². The first-order valence-electron chi connectivity index (χ1n) is 11.9. The zero-order valence-electron chi connectivity index (χ0n) is 19.7. The molecular weight excluding hydrogens is 422 g/mol. The van der Waals surface area contributed by atoms with Crippen LogP contribution in [-0.2, 0) is 20.6 Å². The summed E-state index contributed by atoms with van der Waals surface area (Å²) in [7, 11) is 0. The van der Waals surface area contributed by atoms with Crippen molar-refractivity contribution < 1.29 is 24.1 Å². The average molecular weight is 460 g/mol. The van der Waals surface area contributed by atoms with Crippen LogP contribution in [0.4, 0.5) is 4.79 Å². The van der Waals surface area contributed by atoms with Gasteiger partial charge in [-0.15, -0.1) is 0 Å². The van der Waals surface area contributed by atoms with Crippen LogP contribution in [0.5, 0.6) is 0 Å². The summed E-state index contributed by atoms with van der Waals surface area (Å²) in [6.45, 7) is 6.28. The van der Waals surface area contributed by atoms with Crippen molar-refractivity contribution in [1.82, 2.24) is 10.6 Å². The number of aliphatic hydroxyl groups is 1. The predicted octanol–water partition coefficient (Wildman–Crippen LogP) is 2.76. The highest BCUT2D eigenvalue weighted by Crippen LogP contribution is 2.33. The number of ether oxygens (including phenoxy) is 3. The summed E-state index contributed by atoms with van der Waals surface area (Å²) in [6, 6.07) is 11.4. The van der Waals surface area contributed by atoms with Gasteiger partial charge in [-0.3, -0.25) is 0 Å². The molecular formula is C25H37N3O5. The summed E-state index contributed by atoms with van der Waals surface area (Å²) in [4.78, 5) is 12.7. The molecule has 3 rings (SSSR count). The van der Waals surface area contributed by atoms with Crippen LogP contribution in [0.1, 0.15) is 45.1 Å². The van der Waals surface area contributed by atoms with E-state index in [-0.39, 0.29) is 23.7 Å². The Morgan fingerprint density at radius 2 is 2.12 bits per heavy atom. The van der Waals surface area contributed by atoms with E-state index >= 15 is 0 Å². The van der Waals surface area contributed by atoms with Crippen LogP contribution < -0.4 is 10.6 Å². The molecule has 2 aliphatic rings. The normalized spacial score (nSPS) is 24.0. The van der Waals surface area contributed by atoms with Crippen LogP contribution in [0.25, 0.3) is 0 Å². The van der Waals surface area contributed by atoms with Crippen molar-refractivity contribution in [3.63, 3.8) is 0 Å². The number of nitrogens with zero attached hydrogens (tertiary/aromatic N) is 1. The maximum atomic E-state index is 12.7. The number of benzene rings is 1. The van der Waals surface area contributed by atoms with E-state index in [2.05, 4.69) is 30.6 Å². The Morgan fingerprint density at radius 3 is 2.88 bits per heavy atom. The van der Waals surface area contributed by atoms with Crippen LogP contribution in [0.3, 0.4) is 0 Å². The fourth-order valence-electron chi connectivity index (χ4n) is 4.46. The van der Waals surface area contributed by atoms with Gasteiger partial charge in [0.15, 0.2) is 6.29 Å². The first-order chi connectivity index (χ1) is 15.9. The van der Waals surface area contributed by atoms with E-state index < -0.39 is 18.2 Å². The molecule has 2 heterocycles. The highest BCUT2D eigenvalue weighted by atomic mass is 16.7. The third-order valence-electron chi connectivity index (χ3n) is 6.41. The summed E-state index contributed by atoms with van der Waals surface area (Å²) >= 11 is 0. The maximum Gasteiger partial charge on any atom is 0.407 e. The second kappa shape index (κ2) is 12.3. The number of aliphatic hydroxyl groups excluding tert-OH is 1. The lowest BCUT2D eigenvalue weighted by atomic mass is 9.87. The average Bonchev–Trinajstić information content (AvgIpc) is 3.39. The van der Waals surface area contributed by atoms with E-state index in [9.17, 15) is 9.90 Å². The van der Waals surface area contributed by atoms with E-state index in [0.717, 1.165) is 24.8 Å². The van der Waals surface area contributed by atoms with E-state index in [1.165, 1.54) is 0 Å². The third-order valence-corrected chi connectivity index (χ3v) is 6.41. The number of carbonyl (C=O) groups excluding carboxylic acids is 1. The lowest BCUT2D eigenvalue weighted by Gasteiger charge is -2.28. The quantitative estimate of drug-likeness (QED) is 0.412. The van der Waals surface area contributed by atoms with Gasteiger partial charge in [-0.05, 0) is 36.7 Å². The van der Waals surface area contributed by atoms with E-state index in [1.54, 1.807) is 0 Å². The Bertz CT molecular complexity index is 782. The molecule has 0 aromatic heterocycles. The molecule has 5 atom stereocenters. The fraction of sp³-hybridized carbons (Fsp3) is 0.680. The second-order valence-corrected chi connectivity index (χ2v) is 9.78. The Kier molecular flexibility index (Phi) is 9.51. The molecule has 0 spiro atoms. The van der Waals surface area contributed by atoms with Crippen molar-refractivity contribution in [2.45, 2.75) is 70.5 Å². The van der Waals surface area contributed by atoms with Gasteiger partial charge in [0.05, 0.1) is 37.3 Å². The second-order valence-electron chi connectivity index (χ2n) is 9.78. The SMILES string of the molecule is CC(C)(CCCC#N)CNCC(O)[C@H](Cc1ccccc1)NC(=O)OC1COC2OCCC12. The molecule has 8 heteroatoms. The van der Waals surface area contributed by atoms with Gasteiger partial charge in [0.2, 0.25) is 0 Å². The molecule has 3 N–H and O–H groups in total. The number of hydrogen-bond donors (Lipinski definition) is 3. The van der Waals surface area contributed by atoms with Gasteiger partial charge in [-0.1, -0.05) is 44.2 Å². The van der Waals surface area contributed by atoms with Crippen molar-refractivity contribution in [3.8, 4) is 6.07 Å². The number of hydrogen-bond acceptors (Lipinski definition) is 7. The Hall–Kier alpha value is -2.18. The smallest absolute Gasteiger partial charge is 0.407 e. The monoisotopic (exact) mass is 459 g/mol. The summed E-state index contributed by atoms with van der Waals surface area (Å²) in [6.07, 6.45) is 1.67. The first kappa shape index (κ1) is 25.4. The minimum Gasteiger partial charge on any atom is -0.443 e. The van der Waals surface area contributed by atoms with Gasteiger partial charge in [-0.2, -0.15) is 5.26 Å². The standard InChI is InChI=1S/C25H37N3O5/c1-25(2,11-6-7-12-26)17-27-15-21(29)20(14-18-8-4-3-5-9-18)28-24(30)33-22-16-32-23-19(22)10-13-31-23/h3-5,8-9,19-23,27,29H,6-7,10-11,13-17H2,1-2H3,(H,28,30)/t19?,20-,21?,22?,23?/m0/s1. The number of carbonyl (C=O) groups is 1. The summed E-state index contributed by atoms with van der Waals surface area (Å²) in [5.41, 5.74) is 1.03. The molecule has 0 radical (unpaired) electrons. The predicted molar refractivity (Wildman–Crippen MR) is 123 cm³/mol. The summed E-state index contributed by atoms with van der Waals surface area (Å²) in [5.74, 6) is 0.0678. The number of fused-ring (bicyclic) bond motifs is 1. The summed E-state index contributed by atoms with van der Waals surface area (Å²) in [5, 5.41) is 25.9. The minimum atomic E-state index is -0.796. The van der Waals surface area contributed by atoms with Crippen molar-refractivity contribution in [1.29, 1.82) is 5.26 Å². The molecule has 0 saturated carbocycles. The number of alkyl carbamates (subject to hydrolysis) is 1. The lowest BCUT2D eigenvalue weighted by molar-refractivity contribution is -0.0907. The van der Waals surface area contributed by atoms with Crippen LogP contribution in [-0.4, -0.2) is 62.0 Å². The number of rotatable bonds is 12. The van der Waals surface area contributed by atoms with E-state index in [1.807, 2.05) is 30.3 Å². The minimum absolute atomic E-state index is 0.0141. The van der Waals surface area contributed by atoms with Crippen molar-refractivity contribution in [2.24, 2.45) is 11.3 Å². The first-order valence-corrected chi connectivity index (χ1v) is 11.9. The van der Waals surface area contributed by atoms with E-state index in [0.29, 0.717) is 39.1 Å². The zero-order chi connectivity index (χ0) is 23.7. The van der Waals surface area contributed by atoms with Crippen LogP contribution in [0.2, 0.25) is 0 Å². The largest absolute Gasteiger partial charge is 0.443 e. The molecule has 4 unspecified atom stereocenters. The van der Waals surface area contributed by atoms with Gasteiger partial charge in [-0.25, -0.2) is 4.79 Å². The molecule has 182 valence electrons. The zero-order valence-corrected chi connectivity index (χ0v) is 19.7. The summed E-state index contributed by atoms with van der Waals surface area (Å²) < 4.78 is 16.7. The van der Waals surface area contributed by atoms with Crippen molar-refractivity contribution >= 4 is 6.09 Å². The van der Waals surface area contributed by atoms with Gasteiger partial charge in [0.25, 0.3) is 0 Å². The Balaban J connectivity index is 1.53. The Morgan fingerprint density at radius 1 is 1.33 bits per heavy atom. The molecule has 1 amide bonds. The third kappa shape index (κ3) is 7.97. The Labute approximate surface area is 196 Å². The van der Waals surface area contributed by atoms with E-state index in [4.69, 9.17) is 19.5 Å². The lowest BCUT2D eigenvalue weighted by Crippen LogP contribution is -2.50. The molecule has 8 nitrogen and oxygen atoms in total. The molecule has 2 fully saturated rings. The number of nitrogens with one attached hydrogen (secondary N) is 2. The van der Waals surface area contributed by atoms with Gasteiger partial charge < -0.3 is 30.0 Å². The molecule has 33 heavy (non-hydrogen) atoms. The highest BCUT2D eigenvalue weighted by Gasteiger charge is 2.44. The molecule has 0 aliphatic carbocycles. The maximum absolute atomic E-state index is 12.7. The van der Waals surface area contributed by atoms with Crippen LogP contribution in [0, 0.1) is 22.7 Å². The topological polar surface area (TPSA) is 113 Å². The molecule has 0 bridgehead atoms. The van der Waals surface area contributed by atoms with Gasteiger partial charge in [0.1, 0.15) is 6.10 Å². The van der Waals surface area contributed by atoms with Crippen LogP contribution >= 0.6 is 0 Å². The number of unbranched alkanes of at least 4 members (excludes halogenated alkanes) is 1. The number of nitriles is 1. The van der Waals surface area contributed by atoms with Gasteiger partial charge >= 0.3 is 6.09 Å². The molecule has 2 aliphatic heterocycles. The van der Waals surface area contributed by atoms with Crippen molar-refractivity contribution in [2.75, 3.05) is 26.3 Å². The fourth-order valence-corrected chi connectivity index (χ4v) is 4.46. The van der Waals surface area contributed by atoms with Gasteiger partial charge in [0, 0.05) is 19.5 Å².